The molecule has 1 fully saturated rings. The molecule has 7 nitrogen and oxygen atoms in total. The highest BCUT2D eigenvalue weighted by atomic mass is 16.7. The second-order valence-corrected chi connectivity index (χ2v) is 10.1. The highest BCUT2D eigenvalue weighted by Crippen LogP contribution is 2.60. The van der Waals surface area contributed by atoms with E-state index in [4.69, 9.17) is 18.9 Å². The number of benzene rings is 4. The SMILES string of the molecule is COc1ccccc1C1[C@@H](C(=O)O)[C@@H](c2ccccc2C)[C@@H]1C(=O)Oc1cccc(-c2ccc3c(c2)OCO3)c1. The highest BCUT2D eigenvalue weighted by molar-refractivity contribution is 5.86. The fourth-order valence-corrected chi connectivity index (χ4v) is 6.02. The summed E-state index contributed by atoms with van der Waals surface area (Å²) < 4.78 is 22.5. The van der Waals surface area contributed by atoms with Crippen molar-refractivity contribution in [1.82, 2.24) is 0 Å². The summed E-state index contributed by atoms with van der Waals surface area (Å²) in [5, 5.41) is 10.4. The van der Waals surface area contributed by atoms with Crippen LogP contribution in [0.15, 0.2) is 91.0 Å². The Hall–Kier alpha value is -4.78. The molecule has 6 rings (SSSR count). The van der Waals surface area contributed by atoms with Gasteiger partial charge in [0, 0.05) is 11.8 Å². The lowest BCUT2D eigenvalue weighted by Gasteiger charge is -2.49. The maximum Gasteiger partial charge on any atom is 0.315 e. The molecule has 1 saturated carbocycles. The van der Waals surface area contributed by atoms with E-state index in [1.165, 1.54) is 0 Å². The van der Waals surface area contributed by atoms with Crippen LogP contribution in [0.2, 0.25) is 0 Å². The van der Waals surface area contributed by atoms with Crippen LogP contribution >= 0.6 is 0 Å². The Balaban J connectivity index is 1.36. The van der Waals surface area contributed by atoms with Gasteiger partial charge in [0.1, 0.15) is 11.5 Å². The molecule has 2 aliphatic rings. The van der Waals surface area contributed by atoms with E-state index in [0.717, 1.165) is 22.3 Å². The smallest absolute Gasteiger partial charge is 0.315 e. The molecule has 4 aromatic rings. The van der Waals surface area contributed by atoms with Gasteiger partial charge < -0.3 is 24.1 Å². The lowest BCUT2D eigenvalue weighted by atomic mass is 9.52. The minimum Gasteiger partial charge on any atom is -0.496 e. The van der Waals surface area contributed by atoms with E-state index >= 15 is 0 Å². The first-order valence-corrected chi connectivity index (χ1v) is 13.1. The molecule has 202 valence electrons. The van der Waals surface area contributed by atoms with E-state index in [2.05, 4.69) is 0 Å². The van der Waals surface area contributed by atoms with Gasteiger partial charge in [-0.15, -0.1) is 0 Å². The van der Waals surface area contributed by atoms with Crippen molar-refractivity contribution in [3.05, 3.63) is 108 Å². The Morgan fingerprint density at radius 1 is 0.775 bits per heavy atom. The molecule has 4 atom stereocenters. The van der Waals surface area contributed by atoms with Gasteiger partial charge in [-0.05, 0) is 65.1 Å². The first-order chi connectivity index (χ1) is 19.5. The topological polar surface area (TPSA) is 91.3 Å². The first-order valence-electron chi connectivity index (χ1n) is 13.1. The molecule has 1 heterocycles. The molecule has 0 spiro atoms. The fraction of sp³-hybridized carbons (Fsp3) is 0.212. The first kappa shape index (κ1) is 25.5. The second-order valence-electron chi connectivity index (χ2n) is 10.1. The second kappa shape index (κ2) is 10.4. The number of carboxylic acids is 1. The van der Waals surface area contributed by atoms with Crippen molar-refractivity contribution in [2.45, 2.75) is 18.8 Å². The quantitative estimate of drug-likeness (QED) is 0.222. The van der Waals surface area contributed by atoms with Crippen molar-refractivity contribution >= 4 is 11.9 Å². The number of carboxylic acid groups (broad SMARTS) is 1. The zero-order valence-corrected chi connectivity index (χ0v) is 22.1. The third kappa shape index (κ3) is 4.43. The van der Waals surface area contributed by atoms with E-state index in [1.54, 1.807) is 25.3 Å². The van der Waals surface area contributed by atoms with Crippen LogP contribution in [-0.2, 0) is 9.59 Å². The Morgan fingerprint density at radius 3 is 2.25 bits per heavy atom. The summed E-state index contributed by atoms with van der Waals surface area (Å²) in [6.07, 6.45) is 0. The molecule has 0 saturated heterocycles. The van der Waals surface area contributed by atoms with Gasteiger partial charge in [-0.3, -0.25) is 9.59 Å². The predicted molar refractivity (Wildman–Crippen MR) is 148 cm³/mol. The number of fused-ring (bicyclic) bond motifs is 1. The van der Waals surface area contributed by atoms with Crippen molar-refractivity contribution < 1.29 is 33.6 Å². The van der Waals surface area contributed by atoms with Gasteiger partial charge in [0.05, 0.1) is 18.9 Å². The summed E-state index contributed by atoms with van der Waals surface area (Å²) in [6.45, 7) is 2.12. The summed E-state index contributed by atoms with van der Waals surface area (Å²) in [5.74, 6) is -1.90. The largest absolute Gasteiger partial charge is 0.496 e. The highest BCUT2D eigenvalue weighted by Gasteiger charge is 2.60. The zero-order valence-electron chi connectivity index (χ0n) is 22.1. The van der Waals surface area contributed by atoms with Gasteiger partial charge in [0.15, 0.2) is 11.5 Å². The Morgan fingerprint density at radius 2 is 1.48 bits per heavy atom. The van der Waals surface area contributed by atoms with E-state index in [0.29, 0.717) is 28.6 Å². The Labute approximate surface area is 231 Å². The summed E-state index contributed by atoms with van der Waals surface area (Å²) >= 11 is 0. The molecule has 0 bridgehead atoms. The molecule has 1 aliphatic heterocycles. The zero-order chi connectivity index (χ0) is 27.8. The van der Waals surface area contributed by atoms with Crippen LogP contribution in [-0.4, -0.2) is 30.9 Å². The van der Waals surface area contributed by atoms with Crippen molar-refractivity contribution in [3.63, 3.8) is 0 Å². The van der Waals surface area contributed by atoms with Gasteiger partial charge >= 0.3 is 11.9 Å². The lowest BCUT2D eigenvalue weighted by molar-refractivity contribution is -0.158. The minimum absolute atomic E-state index is 0.185. The number of rotatable bonds is 7. The van der Waals surface area contributed by atoms with Crippen molar-refractivity contribution in [2.24, 2.45) is 11.8 Å². The van der Waals surface area contributed by atoms with E-state index in [1.807, 2.05) is 79.7 Å². The number of para-hydroxylation sites is 1. The Kier molecular flexibility index (Phi) is 6.64. The normalized spacial score (nSPS) is 20.9. The van der Waals surface area contributed by atoms with Gasteiger partial charge in [-0.25, -0.2) is 0 Å². The number of ether oxygens (including phenoxy) is 4. The standard InChI is InChI=1S/C33H28O7/c1-19-8-3-4-11-23(19)28-30(32(34)35)29(24-12-5-6-13-25(24)37-2)31(28)33(36)40-22-10-7-9-20(16-22)21-14-15-26-27(17-21)39-18-38-26/h3-17,28-31H,18H2,1-2H3,(H,34,35)/t28-,29?,30+,31+/m1/s1. The number of hydrogen-bond donors (Lipinski definition) is 1. The summed E-state index contributed by atoms with van der Waals surface area (Å²) in [4.78, 5) is 26.6. The van der Waals surface area contributed by atoms with Crippen molar-refractivity contribution in [3.8, 4) is 34.1 Å². The molecule has 0 aromatic heterocycles. The molecule has 1 N–H and O–H groups in total. The van der Waals surface area contributed by atoms with Crippen LogP contribution in [0, 0.1) is 18.8 Å². The summed E-state index contributed by atoms with van der Waals surface area (Å²) in [5.41, 5.74) is 4.18. The number of aryl methyl sites for hydroxylation is 1. The van der Waals surface area contributed by atoms with Crippen molar-refractivity contribution in [2.75, 3.05) is 13.9 Å². The van der Waals surface area contributed by atoms with Gasteiger partial charge in [-0.1, -0.05) is 60.7 Å². The van der Waals surface area contributed by atoms with E-state index in [9.17, 15) is 14.7 Å². The van der Waals surface area contributed by atoms with Crippen LogP contribution in [0.4, 0.5) is 0 Å². The summed E-state index contributed by atoms with van der Waals surface area (Å²) in [7, 11) is 1.54. The number of hydrogen-bond acceptors (Lipinski definition) is 6. The number of carbonyl (C=O) groups excluding carboxylic acids is 1. The maximum atomic E-state index is 13.9. The van der Waals surface area contributed by atoms with Gasteiger partial charge in [-0.2, -0.15) is 0 Å². The molecule has 1 unspecified atom stereocenters. The number of aliphatic carboxylic acids is 1. The Bertz CT molecular complexity index is 1590. The predicted octanol–water partition coefficient (Wildman–Crippen LogP) is 6.20. The monoisotopic (exact) mass is 536 g/mol. The van der Waals surface area contributed by atoms with Crippen LogP contribution in [0.5, 0.6) is 23.0 Å². The lowest BCUT2D eigenvalue weighted by Crippen LogP contribution is -2.52. The summed E-state index contributed by atoms with van der Waals surface area (Å²) in [6, 6.07) is 27.8. The molecule has 40 heavy (non-hydrogen) atoms. The molecule has 4 aromatic carbocycles. The van der Waals surface area contributed by atoms with Crippen molar-refractivity contribution in [1.29, 1.82) is 0 Å². The van der Waals surface area contributed by atoms with E-state index in [-0.39, 0.29) is 6.79 Å². The van der Waals surface area contributed by atoms with Crippen LogP contribution in [0.25, 0.3) is 11.1 Å². The van der Waals surface area contributed by atoms with E-state index < -0.39 is 35.6 Å². The minimum atomic E-state index is -0.960. The number of esters is 1. The molecule has 1 aliphatic carbocycles. The van der Waals surface area contributed by atoms with Gasteiger partial charge in [0.25, 0.3) is 0 Å². The van der Waals surface area contributed by atoms with Crippen LogP contribution in [0.3, 0.4) is 0 Å². The molecule has 0 amide bonds. The third-order valence-electron chi connectivity index (χ3n) is 7.91. The fourth-order valence-electron chi connectivity index (χ4n) is 6.02. The maximum absolute atomic E-state index is 13.9. The van der Waals surface area contributed by atoms with Gasteiger partial charge in [0.2, 0.25) is 6.79 Å². The molecular formula is C33H28O7. The molecular weight excluding hydrogens is 508 g/mol. The number of methoxy groups -OCH3 is 1. The average molecular weight is 537 g/mol. The molecule has 7 heteroatoms. The van der Waals surface area contributed by atoms with Crippen LogP contribution in [0.1, 0.15) is 28.5 Å². The average Bonchev–Trinajstić information content (AvgIpc) is 3.42. The third-order valence-corrected chi connectivity index (χ3v) is 7.91. The molecule has 0 radical (unpaired) electrons. The van der Waals surface area contributed by atoms with Crippen LogP contribution < -0.4 is 18.9 Å². The number of carbonyl (C=O) groups is 2.